The molecular formula is C10H21N. The zero-order valence-electron chi connectivity index (χ0n) is 8.14. The topological polar surface area (TPSA) is 3.24 Å². The van der Waals surface area contributed by atoms with E-state index >= 15 is 0 Å². The summed E-state index contributed by atoms with van der Waals surface area (Å²) in [6.45, 7) is 9.43. The molecule has 0 aromatic carbocycles. The van der Waals surface area contributed by atoms with Gasteiger partial charge in [0.05, 0.1) is 0 Å². The highest BCUT2D eigenvalue weighted by atomic mass is 15.1. The number of hydrogen-bond acceptors (Lipinski definition) is 1. The van der Waals surface area contributed by atoms with Crippen LogP contribution in [0.1, 0.15) is 33.1 Å². The van der Waals surface area contributed by atoms with Crippen LogP contribution in [0.2, 0.25) is 0 Å². The Labute approximate surface area is 71.1 Å². The van der Waals surface area contributed by atoms with Crippen molar-refractivity contribution in [1.29, 1.82) is 0 Å². The normalized spacial score (nSPS) is 13.5. The summed E-state index contributed by atoms with van der Waals surface area (Å²) in [6.07, 6.45) is 5.68. The third-order valence-corrected chi connectivity index (χ3v) is 2.12. The van der Waals surface area contributed by atoms with Gasteiger partial charge in [-0.25, -0.2) is 0 Å². The molecule has 0 rings (SSSR count). The fraction of sp³-hybridized carbons (Fsp3) is 0.800. The molecule has 0 aliphatic carbocycles. The fourth-order valence-corrected chi connectivity index (χ4v) is 1.05. The predicted octanol–water partition coefficient (Wildman–Crippen LogP) is 2.68. The second-order valence-electron chi connectivity index (χ2n) is 3.21. The maximum Gasteiger partial charge on any atom is 0.00982 e. The van der Waals surface area contributed by atoms with Crippen molar-refractivity contribution in [2.75, 3.05) is 13.6 Å². The molecule has 1 heteroatoms. The average Bonchev–Trinajstić information content (AvgIpc) is 2.00. The van der Waals surface area contributed by atoms with Crippen molar-refractivity contribution in [3.05, 3.63) is 12.7 Å². The van der Waals surface area contributed by atoms with Crippen molar-refractivity contribution in [2.24, 2.45) is 0 Å². The molecular weight excluding hydrogens is 134 g/mol. The Morgan fingerprint density at radius 2 is 2.18 bits per heavy atom. The molecule has 0 fully saturated rings. The first-order chi connectivity index (χ1) is 5.22. The zero-order valence-corrected chi connectivity index (χ0v) is 8.14. The van der Waals surface area contributed by atoms with Crippen molar-refractivity contribution in [1.82, 2.24) is 4.90 Å². The summed E-state index contributed by atoms with van der Waals surface area (Å²) in [5.41, 5.74) is 0. The number of unbranched alkanes of at least 4 members (excludes halogenated alkanes) is 1. The van der Waals surface area contributed by atoms with E-state index in [2.05, 4.69) is 32.4 Å². The smallest absolute Gasteiger partial charge is 0.00982 e. The molecule has 66 valence electrons. The molecule has 0 spiro atoms. The van der Waals surface area contributed by atoms with E-state index in [1.165, 1.54) is 19.4 Å². The van der Waals surface area contributed by atoms with E-state index in [9.17, 15) is 0 Å². The summed E-state index contributed by atoms with van der Waals surface area (Å²) in [7, 11) is 2.18. The van der Waals surface area contributed by atoms with E-state index in [1.54, 1.807) is 0 Å². The molecule has 0 bridgehead atoms. The molecule has 0 saturated heterocycles. The predicted molar refractivity (Wildman–Crippen MR) is 51.8 cm³/mol. The van der Waals surface area contributed by atoms with Crippen LogP contribution in [0.5, 0.6) is 0 Å². The van der Waals surface area contributed by atoms with Gasteiger partial charge in [-0.15, -0.1) is 6.58 Å². The van der Waals surface area contributed by atoms with Gasteiger partial charge in [-0.2, -0.15) is 0 Å². The Morgan fingerprint density at radius 1 is 1.55 bits per heavy atom. The summed E-state index contributed by atoms with van der Waals surface area (Å²) in [4.78, 5) is 2.39. The van der Waals surface area contributed by atoms with Crippen molar-refractivity contribution >= 4 is 0 Å². The van der Waals surface area contributed by atoms with Gasteiger partial charge in [0.25, 0.3) is 0 Å². The summed E-state index contributed by atoms with van der Waals surface area (Å²) in [5, 5.41) is 0. The van der Waals surface area contributed by atoms with Crippen LogP contribution < -0.4 is 0 Å². The SMILES string of the molecule is C=CCC(C)N(C)CCCC. The van der Waals surface area contributed by atoms with Gasteiger partial charge in [-0.3, -0.25) is 0 Å². The van der Waals surface area contributed by atoms with Crippen LogP contribution >= 0.6 is 0 Å². The molecule has 11 heavy (non-hydrogen) atoms. The minimum absolute atomic E-state index is 0.652. The lowest BCUT2D eigenvalue weighted by molar-refractivity contribution is 0.255. The highest BCUT2D eigenvalue weighted by Gasteiger charge is 2.04. The molecule has 0 radical (unpaired) electrons. The molecule has 1 nitrogen and oxygen atoms in total. The highest BCUT2D eigenvalue weighted by molar-refractivity contribution is 4.75. The molecule has 0 amide bonds. The molecule has 1 atom stereocenters. The first kappa shape index (κ1) is 10.7. The van der Waals surface area contributed by atoms with Gasteiger partial charge in [-0.1, -0.05) is 19.4 Å². The standard InChI is InChI=1S/C10H21N/c1-5-7-9-11(4)10(3)8-6-2/h6,10H,2,5,7-9H2,1,3-4H3. The van der Waals surface area contributed by atoms with Gasteiger partial charge in [-0.05, 0) is 33.4 Å². The molecule has 0 aromatic heterocycles. The van der Waals surface area contributed by atoms with Gasteiger partial charge in [0.15, 0.2) is 0 Å². The maximum absolute atomic E-state index is 3.74. The summed E-state index contributed by atoms with van der Waals surface area (Å²) >= 11 is 0. The third-order valence-electron chi connectivity index (χ3n) is 2.12. The van der Waals surface area contributed by atoms with Crippen molar-refractivity contribution in [3.63, 3.8) is 0 Å². The summed E-state index contributed by atoms with van der Waals surface area (Å²) in [5.74, 6) is 0. The Morgan fingerprint density at radius 3 is 2.64 bits per heavy atom. The van der Waals surface area contributed by atoms with Crippen molar-refractivity contribution in [3.8, 4) is 0 Å². The third kappa shape index (κ3) is 5.02. The Hall–Kier alpha value is -0.300. The Balaban J connectivity index is 3.45. The largest absolute Gasteiger partial charge is 0.303 e. The van der Waals surface area contributed by atoms with E-state index < -0.39 is 0 Å². The first-order valence-corrected chi connectivity index (χ1v) is 4.53. The average molecular weight is 155 g/mol. The van der Waals surface area contributed by atoms with Crippen molar-refractivity contribution in [2.45, 2.75) is 39.2 Å². The van der Waals surface area contributed by atoms with E-state index in [0.717, 1.165) is 6.42 Å². The fourth-order valence-electron chi connectivity index (χ4n) is 1.05. The summed E-state index contributed by atoms with van der Waals surface area (Å²) in [6, 6.07) is 0.652. The molecule has 0 saturated carbocycles. The Bertz CT molecular complexity index is 99.0. The minimum Gasteiger partial charge on any atom is -0.303 e. The monoisotopic (exact) mass is 155 g/mol. The van der Waals surface area contributed by atoms with Crippen LogP contribution in [-0.4, -0.2) is 24.5 Å². The lowest BCUT2D eigenvalue weighted by Crippen LogP contribution is -2.29. The molecule has 1 unspecified atom stereocenters. The summed E-state index contributed by atoms with van der Waals surface area (Å²) < 4.78 is 0. The number of rotatable bonds is 6. The van der Waals surface area contributed by atoms with Gasteiger partial charge in [0.2, 0.25) is 0 Å². The van der Waals surface area contributed by atoms with E-state index in [-0.39, 0.29) is 0 Å². The van der Waals surface area contributed by atoms with Gasteiger partial charge >= 0.3 is 0 Å². The van der Waals surface area contributed by atoms with Gasteiger partial charge in [0, 0.05) is 6.04 Å². The lowest BCUT2D eigenvalue weighted by atomic mass is 10.2. The van der Waals surface area contributed by atoms with Crippen molar-refractivity contribution < 1.29 is 0 Å². The molecule has 0 heterocycles. The Kier molecular flexibility index (Phi) is 6.24. The van der Waals surface area contributed by atoms with E-state index in [1.807, 2.05) is 6.08 Å². The van der Waals surface area contributed by atoms with Crippen LogP contribution in [-0.2, 0) is 0 Å². The molecule has 0 aliphatic heterocycles. The van der Waals surface area contributed by atoms with Crippen LogP contribution in [0.25, 0.3) is 0 Å². The van der Waals surface area contributed by atoms with Crippen LogP contribution in [0.3, 0.4) is 0 Å². The van der Waals surface area contributed by atoms with Crippen LogP contribution in [0.15, 0.2) is 12.7 Å². The van der Waals surface area contributed by atoms with Crippen LogP contribution in [0.4, 0.5) is 0 Å². The highest BCUT2D eigenvalue weighted by Crippen LogP contribution is 2.02. The number of hydrogen-bond donors (Lipinski definition) is 0. The van der Waals surface area contributed by atoms with Gasteiger partial charge < -0.3 is 4.90 Å². The number of nitrogens with zero attached hydrogens (tertiary/aromatic N) is 1. The second kappa shape index (κ2) is 6.41. The quantitative estimate of drug-likeness (QED) is 0.533. The minimum atomic E-state index is 0.652. The zero-order chi connectivity index (χ0) is 8.69. The molecule has 0 aromatic rings. The molecule has 0 N–H and O–H groups in total. The van der Waals surface area contributed by atoms with Gasteiger partial charge in [0.1, 0.15) is 0 Å². The van der Waals surface area contributed by atoms with E-state index in [4.69, 9.17) is 0 Å². The van der Waals surface area contributed by atoms with Crippen LogP contribution in [0, 0.1) is 0 Å². The maximum atomic E-state index is 3.74. The first-order valence-electron chi connectivity index (χ1n) is 4.53. The van der Waals surface area contributed by atoms with E-state index in [0.29, 0.717) is 6.04 Å². The molecule has 0 aliphatic rings. The lowest BCUT2D eigenvalue weighted by Gasteiger charge is -2.23. The second-order valence-corrected chi connectivity index (χ2v) is 3.21.